The molecule has 0 aliphatic carbocycles. The number of hydrogen-bond donors (Lipinski definition) is 0. The minimum absolute atomic E-state index is 0.119. The standard InChI is InChI=1S/C40H30O/c1-40(2,3)28-21-18-26(19-22-28)37-29-12-4-6-14-31(29)38(32-15-7-5-13-30(32)37)27-20-23-35-34(24-27)33-16-8-10-25-11-9-17-36(41-35)39(25)33/h4-24H,1-3H3. The Bertz CT molecular complexity index is 2080. The maximum absolute atomic E-state index is 6.43. The van der Waals surface area contributed by atoms with E-state index < -0.39 is 0 Å². The highest BCUT2D eigenvalue weighted by molar-refractivity contribution is 6.21. The Morgan fingerprint density at radius 3 is 1.63 bits per heavy atom. The predicted molar refractivity (Wildman–Crippen MR) is 174 cm³/mol. The third-order valence-corrected chi connectivity index (χ3v) is 8.62. The summed E-state index contributed by atoms with van der Waals surface area (Å²) in [5, 5.41) is 7.45. The molecular formula is C40H30O. The van der Waals surface area contributed by atoms with Crippen LogP contribution >= 0.6 is 0 Å². The summed E-state index contributed by atoms with van der Waals surface area (Å²) in [5.41, 5.74) is 8.84. The molecule has 7 aromatic rings. The summed E-state index contributed by atoms with van der Waals surface area (Å²) in [6.45, 7) is 6.80. The Hall–Kier alpha value is -4.88. The highest BCUT2D eigenvalue weighted by Gasteiger charge is 2.22. The molecular weight excluding hydrogens is 496 g/mol. The zero-order chi connectivity index (χ0) is 27.7. The quantitative estimate of drug-likeness (QED) is 0.204. The third kappa shape index (κ3) is 3.69. The second kappa shape index (κ2) is 8.81. The first-order valence-electron chi connectivity index (χ1n) is 14.4. The lowest BCUT2D eigenvalue weighted by molar-refractivity contribution is 0.487. The molecule has 41 heavy (non-hydrogen) atoms. The molecule has 8 rings (SSSR count). The van der Waals surface area contributed by atoms with Gasteiger partial charge in [-0.1, -0.05) is 130 Å². The van der Waals surface area contributed by atoms with Crippen LogP contribution in [0, 0.1) is 0 Å². The van der Waals surface area contributed by atoms with E-state index in [-0.39, 0.29) is 5.41 Å². The van der Waals surface area contributed by atoms with E-state index in [9.17, 15) is 0 Å². The van der Waals surface area contributed by atoms with E-state index in [4.69, 9.17) is 4.74 Å². The van der Waals surface area contributed by atoms with Crippen LogP contribution in [0.1, 0.15) is 26.3 Å². The first-order chi connectivity index (χ1) is 20.0. The Kier molecular flexibility index (Phi) is 5.15. The van der Waals surface area contributed by atoms with E-state index in [2.05, 4.69) is 148 Å². The van der Waals surface area contributed by atoms with Crippen LogP contribution in [0.25, 0.3) is 65.7 Å². The molecule has 0 atom stereocenters. The molecule has 0 bridgehead atoms. The lowest BCUT2D eigenvalue weighted by Crippen LogP contribution is -2.10. The van der Waals surface area contributed by atoms with E-state index in [0.29, 0.717) is 0 Å². The van der Waals surface area contributed by atoms with Crippen LogP contribution in [0.3, 0.4) is 0 Å². The molecule has 0 radical (unpaired) electrons. The van der Waals surface area contributed by atoms with Crippen LogP contribution in [0.4, 0.5) is 0 Å². The largest absolute Gasteiger partial charge is 0.456 e. The SMILES string of the molecule is CC(C)(C)c1ccc(-c2c3ccccc3c(-c3ccc4c(c3)-c3cccc5cccc(c35)O4)c3ccccc23)cc1. The van der Waals surface area contributed by atoms with Crippen molar-refractivity contribution < 1.29 is 4.74 Å². The van der Waals surface area contributed by atoms with Gasteiger partial charge in [0.05, 0.1) is 0 Å². The molecule has 0 fully saturated rings. The molecule has 0 saturated carbocycles. The van der Waals surface area contributed by atoms with Crippen molar-refractivity contribution >= 4 is 32.3 Å². The molecule has 7 aromatic carbocycles. The second-order valence-corrected chi connectivity index (χ2v) is 12.1. The number of hydrogen-bond acceptors (Lipinski definition) is 1. The molecule has 0 amide bonds. The zero-order valence-electron chi connectivity index (χ0n) is 23.5. The molecule has 0 aromatic heterocycles. The lowest BCUT2D eigenvalue weighted by Gasteiger charge is -2.23. The Balaban J connectivity index is 1.40. The summed E-state index contributed by atoms with van der Waals surface area (Å²) >= 11 is 0. The van der Waals surface area contributed by atoms with Crippen LogP contribution in [-0.4, -0.2) is 0 Å². The zero-order valence-corrected chi connectivity index (χ0v) is 23.5. The van der Waals surface area contributed by atoms with E-state index in [0.717, 1.165) is 17.1 Å². The van der Waals surface area contributed by atoms with Gasteiger partial charge in [-0.2, -0.15) is 0 Å². The van der Waals surface area contributed by atoms with Crippen LogP contribution in [0.2, 0.25) is 0 Å². The van der Waals surface area contributed by atoms with Gasteiger partial charge in [0.2, 0.25) is 0 Å². The Labute approximate surface area is 240 Å². The molecule has 0 N–H and O–H groups in total. The number of ether oxygens (including phenoxy) is 1. The highest BCUT2D eigenvalue weighted by Crippen LogP contribution is 2.49. The van der Waals surface area contributed by atoms with Gasteiger partial charge in [0.1, 0.15) is 11.5 Å². The van der Waals surface area contributed by atoms with Crippen molar-refractivity contribution in [1.82, 2.24) is 0 Å². The molecule has 0 saturated heterocycles. The van der Waals surface area contributed by atoms with Gasteiger partial charge in [-0.3, -0.25) is 0 Å². The second-order valence-electron chi connectivity index (χ2n) is 12.1. The van der Waals surface area contributed by atoms with Gasteiger partial charge >= 0.3 is 0 Å². The third-order valence-electron chi connectivity index (χ3n) is 8.62. The minimum atomic E-state index is 0.119. The van der Waals surface area contributed by atoms with E-state index in [1.807, 2.05) is 0 Å². The maximum Gasteiger partial charge on any atom is 0.135 e. The smallest absolute Gasteiger partial charge is 0.135 e. The van der Waals surface area contributed by atoms with Gasteiger partial charge in [-0.25, -0.2) is 0 Å². The fourth-order valence-corrected chi connectivity index (χ4v) is 6.61. The molecule has 1 aliphatic rings. The molecule has 1 heteroatoms. The summed E-state index contributed by atoms with van der Waals surface area (Å²) in [4.78, 5) is 0. The van der Waals surface area contributed by atoms with Crippen molar-refractivity contribution in [1.29, 1.82) is 0 Å². The summed E-state index contributed by atoms with van der Waals surface area (Å²) < 4.78 is 6.43. The average molecular weight is 527 g/mol. The topological polar surface area (TPSA) is 9.23 Å². The van der Waals surface area contributed by atoms with E-state index in [1.54, 1.807) is 0 Å². The molecule has 0 unspecified atom stereocenters. The van der Waals surface area contributed by atoms with Gasteiger partial charge in [-0.05, 0) is 83.9 Å². The fourth-order valence-electron chi connectivity index (χ4n) is 6.61. The van der Waals surface area contributed by atoms with Gasteiger partial charge < -0.3 is 4.74 Å². The molecule has 1 heterocycles. The van der Waals surface area contributed by atoms with Crippen molar-refractivity contribution in [2.24, 2.45) is 0 Å². The minimum Gasteiger partial charge on any atom is -0.456 e. The van der Waals surface area contributed by atoms with Gasteiger partial charge in [0, 0.05) is 10.9 Å². The van der Waals surface area contributed by atoms with Gasteiger partial charge in [-0.15, -0.1) is 0 Å². The van der Waals surface area contributed by atoms with Crippen molar-refractivity contribution in [2.45, 2.75) is 26.2 Å². The first-order valence-corrected chi connectivity index (χ1v) is 14.4. The van der Waals surface area contributed by atoms with Crippen molar-refractivity contribution in [3.8, 4) is 44.9 Å². The van der Waals surface area contributed by atoms with Crippen molar-refractivity contribution in [3.63, 3.8) is 0 Å². The maximum atomic E-state index is 6.43. The highest BCUT2D eigenvalue weighted by atomic mass is 16.5. The lowest BCUT2D eigenvalue weighted by atomic mass is 9.83. The molecule has 1 nitrogen and oxygen atoms in total. The van der Waals surface area contributed by atoms with Crippen LogP contribution in [0.15, 0.2) is 127 Å². The van der Waals surface area contributed by atoms with Crippen molar-refractivity contribution in [3.05, 3.63) is 133 Å². The van der Waals surface area contributed by atoms with Gasteiger partial charge in [0.15, 0.2) is 0 Å². The van der Waals surface area contributed by atoms with Crippen LogP contribution in [-0.2, 0) is 5.41 Å². The van der Waals surface area contributed by atoms with Crippen molar-refractivity contribution in [2.75, 3.05) is 0 Å². The Morgan fingerprint density at radius 2 is 1.02 bits per heavy atom. The van der Waals surface area contributed by atoms with Crippen LogP contribution < -0.4 is 4.74 Å². The van der Waals surface area contributed by atoms with E-state index in [1.165, 1.54) is 65.7 Å². The Morgan fingerprint density at radius 1 is 0.463 bits per heavy atom. The summed E-state index contributed by atoms with van der Waals surface area (Å²) in [5.74, 6) is 1.83. The summed E-state index contributed by atoms with van der Waals surface area (Å²) in [6.07, 6.45) is 0. The summed E-state index contributed by atoms with van der Waals surface area (Å²) in [7, 11) is 0. The normalized spacial score (nSPS) is 12.5. The van der Waals surface area contributed by atoms with E-state index >= 15 is 0 Å². The van der Waals surface area contributed by atoms with Gasteiger partial charge in [0.25, 0.3) is 0 Å². The monoisotopic (exact) mass is 526 g/mol. The molecule has 0 spiro atoms. The number of rotatable bonds is 2. The molecule has 1 aliphatic heterocycles. The first kappa shape index (κ1) is 24.0. The average Bonchev–Trinajstić information content (AvgIpc) is 3.00. The molecule has 196 valence electrons. The van der Waals surface area contributed by atoms with Crippen LogP contribution in [0.5, 0.6) is 11.5 Å². The summed E-state index contributed by atoms with van der Waals surface area (Å²) in [6, 6.07) is 46.4. The number of fused-ring (bicyclic) bond motifs is 4. The number of benzene rings is 7. The fraction of sp³-hybridized carbons (Fsp3) is 0.100. The predicted octanol–water partition coefficient (Wildman–Crippen LogP) is 11.6.